The average molecular weight is 598 g/mol. The molecule has 0 atom stereocenters. The van der Waals surface area contributed by atoms with Gasteiger partial charge in [0.1, 0.15) is 5.75 Å². The summed E-state index contributed by atoms with van der Waals surface area (Å²) in [6.07, 6.45) is 1.25. The molecule has 0 aliphatic carbocycles. The molecule has 3 aromatic rings. The standard InChI is InChI=1S/C35H42F3NO4/c1-34(2,3)28-17-15-26(16-18-28)30-20-19-29(24-31(30)35(36,37)38)43-23-9-7-5-6-8-10-25-11-13-27(14-12-25)33(41)39-22-21-32(40)42-4/h11-20,24H,5-10,21-23H2,1-4H3,(H,39,41). The van der Waals surface area contributed by atoms with Gasteiger partial charge in [-0.2, -0.15) is 13.2 Å². The maximum atomic E-state index is 13.9. The van der Waals surface area contributed by atoms with Crippen molar-refractivity contribution in [1.29, 1.82) is 0 Å². The van der Waals surface area contributed by atoms with E-state index in [4.69, 9.17) is 4.74 Å². The number of carbonyl (C=O) groups excluding carboxylic acids is 2. The largest absolute Gasteiger partial charge is 0.494 e. The molecule has 1 N–H and O–H groups in total. The Kier molecular flexibility index (Phi) is 12.2. The van der Waals surface area contributed by atoms with Crippen molar-refractivity contribution < 1.29 is 32.2 Å². The van der Waals surface area contributed by atoms with Crippen LogP contribution in [0, 0.1) is 0 Å². The van der Waals surface area contributed by atoms with Gasteiger partial charge in [-0.3, -0.25) is 9.59 Å². The number of rotatable bonds is 14. The maximum absolute atomic E-state index is 13.9. The molecule has 0 heterocycles. The average Bonchev–Trinajstić information content (AvgIpc) is 2.97. The van der Waals surface area contributed by atoms with Crippen LogP contribution in [0.1, 0.15) is 86.3 Å². The second-order valence-electron chi connectivity index (χ2n) is 11.7. The molecular formula is C35H42F3NO4. The molecule has 0 fully saturated rings. The fourth-order valence-corrected chi connectivity index (χ4v) is 4.71. The minimum absolute atomic E-state index is 0.0773. The predicted octanol–water partition coefficient (Wildman–Crippen LogP) is 8.53. The molecule has 0 aromatic heterocycles. The summed E-state index contributed by atoms with van der Waals surface area (Å²) in [5.74, 6) is -0.372. The molecule has 232 valence electrons. The lowest BCUT2D eigenvalue weighted by atomic mass is 9.86. The number of esters is 1. The Hall–Kier alpha value is -3.81. The summed E-state index contributed by atoms with van der Waals surface area (Å²) < 4.78 is 52.0. The number of halogens is 3. The Labute approximate surface area is 252 Å². The van der Waals surface area contributed by atoms with Crippen LogP contribution in [0.3, 0.4) is 0 Å². The van der Waals surface area contributed by atoms with E-state index in [1.54, 1.807) is 30.3 Å². The van der Waals surface area contributed by atoms with Crippen LogP contribution in [-0.4, -0.2) is 32.1 Å². The highest BCUT2D eigenvalue weighted by atomic mass is 19.4. The molecule has 8 heteroatoms. The lowest BCUT2D eigenvalue weighted by molar-refractivity contribution is -0.140. The van der Waals surface area contributed by atoms with Gasteiger partial charge in [-0.1, -0.05) is 82.5 Å². The third-order valence-electron chi connectivity index (χ3n) is 7.30. The first-order valence-electron chi connectivity index (χ1n) is 14.8. The lowest BCUT2D eigenvalue weighted by Crippen LogP contribution is -2.26. The Morgan fingerprint density at radius 3 is 2.09 bits per heavy atom. The fourth-order valence-electron chi connectivity index (χ4n) is 4.71. The molecule has 0 bridgehead atoms. The zero-order valence-corrected chi connectivity index (χ0v) is 25.5. The van der Waals surface area contributed by atoms with Gasteiger partial charge in [0.2, 0.25) is 0 Å². The van der Waals surface area contributed by atoms with Crippen molar-refractivity contribution in [2.24, 2.45) is 0 Å². The van der Waals surface area contributed by atoms with Crippen molar-refractivity contribution in [3.8, 4) is 16.9 Å². The molecule has 5 nitrogen and oxygen atoms in total. The molecule has 0 unspecified atom stereocenters. The molecule has 0 saturated carbocycles. The van der Waals surface area contributed by atoms with Crippen LogP contribution >= 0.6 is 0 Å². The van der Waals surface area contributed by atoms with Gasteiger partial charge in [0.05, 0.1) is 25.7 Å². The predicted molar refractivity (Wildman–Crippen MR) is 163 cm³/mol. The Bertz CT molecular complexity index is 1330. The normalized spacial score (nSPS) is 11.7. The van der Waals surface area contributed by atoms with Gasteiger partial charge in [0, 0.05) is 12.1 Å². The van der Waals surface area contributed by atoms with Crippen LogP contribution in [0.2, 0.25) is 0 Å². The molecule has 3 aromatic carbocycles. The molecule has 1 amide bonds. The SMILES string of the molecule is COC(=O)CCNC(=O)c1ccc(CCCCCCCOc2ccc(-c3ccc(C(C)(C)C)cc3)c(C(F)(F)F)c2)cc1. The van der Waals surface area contributed by atoms with Gasteiger partial charge in [-0.25, -0.2) is 0 Å². The monoisotopic (exact) mass is 597 g/mol. The Morgan fingerprint density at radius 2 is 1.47 bits per heavy atom. The first-order valence-corrected chi connectivity index (χ1v) is 14.8. The van der Waals surface area contributed by atoms with Crippen molar-refractivity contribution in [3.05, 3.63) is 89.0 Å². The summed E-state index contributed by atoms with van der Waals surface area (Å²) in [7, 11) is 1.31. The summed E-state index contributed by atoms with van der Waals surface area (Å²) in [6.45, 7) is 6.80. The summed E-state index contributed by atoms with van der Waals surface area (Å²) in [5, 5.41) is 2.69. The number of unbranched alkanes of at least 4 members (excludes halogenated alkanes) is 4. The summed E-state index contributed by atoms with van der Waals surface area (Å²) in [6, 6.07) is 18.9. The van der Waals surface area contributed by atoms with E-state index >= 15 is 0 Å². The number of hydrogen-bond acceptors (Lipinski definition) is 4. The smallest absolute Gasteiger partial charge is 0.417 e. The van der Waals surface area contributed by atoms with Crippen LogP contribution in [0.15, 0.2) is 66.7 Å². The Morgan fingerprint density at radius 1 is 0.814 bits per heavy atom. The number of carbonyl (C=O) groups is 2. The molecule has 0 aliphatic rings. The van der Waals surface area contributed by atoms with Gasteiger partial charge in [0.15, 0.2) is 0 Å². The zero-order valence-electron chi connectivity index (χ0n) is 25.5. The number of benzene rings is 3. The second-order valence-corrected chi connectivity index (χ2v) is 11.7. The number of ether oxygens (including phenoxy) is 2. The minimum Gasteiger partial charge on any atom is -0.494 e. The van der Waals surface area contributed by atoms with E-state index in [-0.39, 0.29) is 41.6 Å². The number of aryl methyl sites for hydroxylation is 1. The third kappa shape index (κ3) is 10.8. The second kappa shape index (κ2) is 15.6. The van der Waals surface area contributed by atoms with Crippen molar-refractivity contribution in [2.45, 2.75) is 77.3 Å². The molecule has 0 aliphatic heterocycles. The van der Waals surface area contributed by atoms with E-state index < -0.39 is 11.7 Å². The van der Waals surface area contributed by atoms with Crippen molar-refractivity contribution in [2.75, 3.05) is 20.3 Å². The summed E-state index contributed by atoms with van der Waals surface area (Å²) in [5.41, 5.74) is 2.65. The highest BCUT2D eigenvalue weighted by molar-refractivity contribution is 5.94. The van der Waals surface area contributed by atoms with E-state index in [2.05, 4.69) is 30.8 Å². The zero-order chi connectivity index (χ0) is 31.5. The van der Waals surface area contributed by atoms with Gasteiger partial charge >= 0.3 is 12.1 Å². The first-order chi connectivity index (χ1) is 20.4. The van der Waals surface area contributed by atoms with Gasteiger partial charge in [-0.15, -0.1) is 0 Å². The van der Waals surface area contributed by atoms with Crippen LogP contribution in [-0.2, 0) is 27.5 Å². The topological polar surface area (TPSA) is 64.6 Å². The number of amides is 1. The Balaban J connectivity index is 1.38. The van der Waals surface area contributed by atoms with Crippen LogP contribution < -0.4 is 10.1 Å². The molecule has 0 spiro atoms. The molecular weight excluding hydrogens is 555 g/mol. The molecule has 0 saturated heterocycles. The molecule has 0 radical (unpaired) electrons. The summed E-state index contributed by atoms with van der Waals surface area (Å²) in [4.78, 5) is 23.3. The van der Waals surface area contributed by atoms with Crippen molar-refractivity contribution in [3.63, 3.8) is 0 Å². The van der Waals surface area contributed by atoms with E-state index in [1.807, 2.05) is 24.3 Å². The quantitative estimate of drug-likeness (QED) is 0.149. The van der Waals surface area contributed by atoms with Crippen LogP contribution in [0.5, 0.6) is 5.75 Å². The first kappa shape index (κ1) is 33.7. The number of methoxy groups -OCH3 is 1. The highest BCUT2D eigenvalue weighted by Gasteiger charge is 2.34. The van der Waals surface area contributed by atoms with E-state index in [0.29, 0.717) is 17.7 Å². The van der Waals surface area contributed by atoms with E-state index in [9.17, 15) is 22.8 Å². The van der Waals surface area contributed by atoms with Gasteiger partial charge in [0.25, 0.3) is 5.91 Å². The highest BCUT2D eigenvalue weighted by Crippen LogP contribution is 2.39. The number of alkyl halides is 3. The van der Waals surface area contributed by atoms with Gasteiger partial charge < -0.3 is 14.8 Å². The fraction of sp³-hybridized carbons (Fsp3) is 0.429. The van der Waals surface area contributed by atoms with Crippen molar-refractivity contribution >= 4 is 11.9 Å². The van der Waals surface area contributed by atoms with Crippen LogP contribution in [0.25, 0.3) is 11.1 Å². The van der Waals surface area contributed by atoms with Crippen molar-refractivity contribution in [1.82, 2.24) is 5.32 Å². The molecule has 3 rings (SSSR count). The minimum atomic E-state index is -4.49. The van der Waals surface area contributed by atoms with Gasteiger partial charge in [-0.05, 0) is 71.2 Å². The lowest BCUT2D eigenvalue weighted by Gasteiger charge is -2.20. The van der Waals surface area contributed by atoms with E-state index in [0.717, 1.165) is 55.7 Å². The molecule has 43 heavy (non-hydrogen) atoms. The third-order valence-corrected chi connectivity index (χ3v) is 7.30. The number of nitrogens with one attached hydrogen (secondary N) is 1. The number of hydrogen-bond donors (Lipinski definition) is 1. The maximum Gasteiger partial charge on any atom is 0.417 e. The summed E-state index contributed by atoms with van der Waals surface area (Å²) >= 11 is 0. The van der Waals surface area contributed by atoms with Crippen LogP contribution in [0.4, 0.5) is 13.2 Å². The van der Waals surface area contributed by atoms with E-state index in [1.165, 1.54) is 13.2 Å².